The molecule has 0 fully saturated rings. The lowest BCUT2D eigenvalue weighted by atomic mass is 10.1. The highest BCUT2D eigenvalue weighted by Gasteiger charge is 2.21. The van der Waals surface area contributed by atoms with Gasteiger partial charge in [0.25, 0.3) is 0 Å². The molecular weight excluding hydrogens is 274 g/mol. The summed E-state index contributed by atoms with van der Waals surface area (Å²) >= 11 is 0. The molecule has 0 radical (unpaired) electrons. The molecule has 1 atom stereocenters. The Morgan fingerprint density at radius 1 is 1.35 bits per heavy atom. The third-order valence-electron chi connectivity index (χ3n) is 3.72. The van der Waals surface area contributed by atoms with Gasteiger partial charge in [-0.3, -0.25) is 0 Å². The molecule has 1 unspecified atom stereocenters. The molecule has 0 saturated carbocycles. The normalized spacial score (nSPS) is 18.0. The molecule has 1 aromatic rings. The van der Waals surface area contributed by atoms with Crippen molar-refractivity contribution in [3.63, 3.8) is 0 Å². The molecule has 4 nitrogen and oxygen atoms in total. The highest BCUT2D eigenvalue weighted by atomic mass is 32.2. The summed E-state index contributed by atoms with van der Waals surface area (Å²) in [6.07, 6.45) is 2.82. The molecule has 20 heavy (non-hydrogen) atoms. The van der Waals surface area contributed by atoms with Gasteiger partial charge in [-0.1, -0.05) is 13.0 Å². The lowest BCUT2D eigenvalue weighted by Crippen LogP contribution is -2.16. The van der Waals surface area contributed by atoms with Crippen molar-refractivity contribution in [3.05, 3.63) is 29.3 Å². The van der Waals surface area contributed by atoms with Gasteiger partial charge in [0.05, 0.1) is 11.5 Å². The van der Waals surface area contributed by atoms with Gasteiger partial charge in [0.15, 0.2) is 9.84 Å². The van der Waals surface area contributed by atoms with Crippen molar-refractivity contribution in [2.75, 3.05) is 25.2 Å². The fourth-order valence-corrected chi connectivity index (χ4v) is 3.85. The van der Waals surface area contributed by atoms with Crippen LogP contribution in [0.1, 0.15) is 36.9 Å². The highest BCUT2D eigenvalue weighted by Crippen LogP contribution is 2.33. The van der Waals surface area contributed by atoms with E-state index in [9.17, 15) is 8.42 Å². The molecule has 1 aliphatic rings. The predicted octanol–water partition coefficient (Wildman–Crippen LogP) is 2.10. The van der Waals surface area contributed by atoms with E-state index in [2.05, 4.69) is 11.4 Å². The number of fused-ring (bicyclic) bond motifs is 1. The summed E-state index contributed by atoms with van der Waals surface area (Å²) in [5.74, 6) is 1.11. The van der Waals surface area contributed by atoms with Crippen LogP contribution < -0.4 is 10.1 Å². The Balaban J connectivity index is 1.92. The molecule has 0 aromatic heterocycles. The first-order valence-electron chi connectivity index (χ1n) is 7.19. The first-order chi connectivity index (χ1) is 9.55. The number of rotatable bonds is 7. The monoisotopic (exact) mass is 297 g/mol. The van der Waals surface area contributed by atoms with Gasteiger partial charge in [-0.15, -0.1) is 0 Å². The van der Waals surface area contributed by atoms with E-state index in [1.54, 1.807) is 0 Å². The summed E-state index contributed by atoms with van der Waals surface area (Å²) in [5, 5.41) is 3.30. The van der Waals surface area contributed by atoms with Crippen molar-refractivity contribution in [2.24, 2.45) is 0 Å². The van der Waals surface area contributed by atoms with Crippen molar-refractivity contribution in [3.8, 4) is 5.75 Å². The van der Waals surface area contributed by atoms with Crippen LogP contribution in [0.3, 0.4) is 0 Å². The summed E-state index contributed by atoms with van der Waals surface area (Å²) in [6, 6.07) is 6.49. The van der Waals surface area contributed by atoms with Gasteiger partial charge < -0.3 is 10.1 Å². The standard InChI is InChI=1S/C15H23NO3S/c1-3-9-20(17,18)10-8-19-13-5-6-14-12(11-13)4-7-15(14)16-2/h5-6,11,15-16H,3-4,7-10H2,1-2H3. The van der Waals surface area contributed by atoms with E-state index in [0.29, 0.717) is 12.5 Å². The van der Waals surface area contributed by atoms with E-state index in [0.717, 1.165) is 18.6 Å². The Labute approximate surface area is 121 Å². The SMILES string of the molecule is CCCS(=O)(=O)CCOc1ccc2c(c1)CCC2NC. The molecule has 2 rings (SSSR count). The Hall–Kier alpha value is -1.07. The molecule has 0 amide bonds. The van der Waals surface area contributed by atoms with E-state index < -0.39 is 9.84 Å². The molecule has 0 heterocycles. The second kappa shape index (κ2) is 6.59. The maximum Gasteiger partial charge on any atom is 0.153 e. The quantitative estimate of drug-likeness (QED) is 0.837. The number of hydrogen-bond acceptors (Lipinski definition) is 4. The number of aryl methyl sites for hydroxylation is 1. The second-order valence-corrected chi connectivity index (χ2v) is 7.54. The van der Waals surface area contributed by atoms with Crippen LogP contribution in [-0.4, -0.2) is 33.6 Å². The molecule has 112 valence electrons. The molecule has 5 heteroatoms. The third kappa shape index (κ3) is 3.73. The van der Waals surface area contributed by atoms with Crippen molar-refractivity contribution in [2.45, 2.75) is 32.2 Å². The number of sulfone groups is 1. The van der Waals surface area contributed by atoms with Gasteiger partial charge in [-0.05, 0) is 49.6 Å². The Bertz CT molecular complexity index is 554. The van der Waals surface area contributed by atoms with Crippen LogP contribution >= 0.6 is 0 Å². The van der Waals surface area contributed by atoms with Crippen LogP contribution in [-0.2, 0) is 16.3 Å². The zero-order valence-corrected chi connectivity index (χ0v) is 13.0. The number of nitrogens with one attached hydrogen (secondary N) is 1. The lowest BCUT2D eigenvalue weighted by molar-refractivity contribution is 0.340. The number of benzene rings is 1. The summed E-state index contributed by atoms with van der Waals surface area (Å²) in [7, 11) is -0.986. The molecule has 1 N–H and O–H groups in total. The summed E-state index contributed by atoms with van der Waals surface area (Å²) in [4.78, 5) is 0. The maximum atomic E-state index is 11.6. The van der Waals surface area contributed by atoms with Crippen LogP contribution in [0.2, 0.25) is 0 Å². The smallest absolute Gasteiger partial charge is 0.153 e. The summed E-state index contributed by atoms with van der Waals surface area (Å²) in [6.45, 7) is 2.10. The van der Waals surface area contributed by atoms with Gasteiger partial charge in [-0.25, -0.2) is 8.42 Å². The van der Waals surface area contributed by atoms with Gasteiger partial charge >= 0.3 is 0 Å². The first kappa shape index (κ1) is 15.3. The van der Waals surface area contributed by atoms with Crippen molar-refractivity contribution >= 4 is 9.84 Å². The van der Waals surface area contributed by atoms with E-state index in [4.69, 9.17) is 4.74 Å². The molecule has 0 spiro atoms. The van der Waals surface area contributed by atoms with Crippen LogP contribution in [0, 0.1) is 0 Å². The summed E-state index contributed by atoms with van der Waals surface area (Å²) < 4.78 is 28.8. The maximum absolute atomic E-state index is 11.6. The molecule has 0 bridgehead atoms. The van der Waals surface area contributed by atoms with Crippen LogP contribution in [0.25, 0.3) is 0 Å². The first-order valence-corrected chi connectivity index (χ1v) is 9.01. The van der Waals surface area contributed by atoms with Gasteiger partial charge in [0.1, 0.15) is 12.4 Å². The zero-order chi connectivity index (χ0) is 14.6. The minimum atomic E-state index is -2.96. The largest absolute Gasteiger partial charge is 0.493 e. The minimum Gasteiger partial charge on any atom is -0.493 e. The highest BCUT2D eigenvalue weighted by molar-refractivity contribution is 7.91. The summed E-state index contributed by atoms with van der Waals surface area (Å²) in [5.41, 5.74) is 2.64. The predicted molar refractivity (Wildman–Crippen MR) is 81.0 cm³/mol. The van der Waals surface area contributed by atoms with E-state index >= 15 is 0 Å². The lowest BCUT2D eigenvalue weighted by Gasteiger charge is -2.11. The molecule has 0 aliphatic heterocycles. The molecule has 0 saturated heterocycles. The Morgan fingerprint density at radius 3 is 2.85 bits per heavy atom. The zero-order valence-electron chi connectivity index (χ0n) is 12.2. The van der Waals surface area contributed by atoms with E-state index in [-0.39, 0.29) is 18.1 Å². The average molecular weight is 297 g/mol. The number of ether oxygens (including phenoxy) is 1. The number of hydrogen-bond donors (Lipinski definition) is 1. The Kier molecular flexibility index (Phi) is 5.05. The molecular formula is C15H23NO3S. The third-order valence-corrected chi connectivity index (χ3v) is 5.54. The fourth-order valence-electron chi connectivity index (χ4n) is 2.68. The fraction of sp³-hybridized carbons (Fsp3) is 0.600. The average Bonchev–Trinajstić information content (AvgIpc) is 2.80. The van der Waals surface area contributed by atoms with Crippen molar-refractivity contribution < 1.29 is 13.2 Å². The molecule has 1 aromatic carbocycles. The van der Waals surface area contributed by atoms with Crippen molar-refractivity contribution in [1.82, 2.24) is 5.32 Å². The minimum absolute atomic E-state index is 0.0943. The van der Waals surface area contributed by atoms with Crippen molar-refractivity contribution in [1.29, 1.82) is 0 Å². The topological polar surface area (TPSA) is 55.4 Å². The van der Waals surface area contributed by atoms with Crippen LogP contribution in [0.15, 0.2) is 18.2 Å². The van der Waals surface area contributed by atoms with E-state index in [1.807, 2.05) is 26.1 Å². The molecule has 1 aliphatic carbocycles. The van der Waals surface area contributed by atoms with E-state index in [1.165, 1.54) is 11.1 Å². The van der Waals surface area contributed by atoms with Gasteiger partial charge in [0, 0.05) is 6.04 Å². The van der Waals surface area contributed by atoms with Crippen LogP contribution in [0.5, 0.6) is 5.75 Å². The Morgan fingerprint density at radius 2 is 2.15 bits per heavy atom. The second-order valence-electron chi connectivity index (χ2n) is 5.24. The van der Waals surface area contributed by atoms with Gasteiger partial charge in [0.2, 0.25) is 0 Å². The van der Waals surface area contributed by atoms with Gasteiger partial charge in [-0.2, -0.15) is 0 Å². The van der Waals surface area contributed by atoms with Crippen LogP contribution in [0.4, 0.5) is 0 Å².